The number of urea groups is 1. The molecule has 2 amide bonds. The first kappa shape index (κ1) is 12.9. The van der Waals surface area contributed by atoms with Crippen molar-refractivity contribution in [1.29, 1.82) is 0 Å². The zero-order valence-electron chi connectivity index (χ0n) is 10.6. The Morgan fingerprint density at radius 1 is 1.50 bits per heavy atom. The molecule has 1 aromatic carbocycles. The van der Waals surface area contributed by atoms with E-state index < -0.39 is 0 Å². The van der Waals surface area contributed by atoms with Crippen LogP contribution in [0.2, 0.25) is 0 Å². The Morgan fingerprint density at radius 3 is 2.94 bits per heavy atom. The van der Waals surface area contributed by atoms with Crippen LogP contribution in [0.4, 0.5) is 10.5 Å². The van der Waals surface area contributed by atoms with Gasteiger partial charge in [-0.05, 0) is 12.1 Å². The summed E-state index contributed by atoms with van der Waals surface area (Å²) >= 11 is 0. The fraction of sp³-hybridized carbons (Fsp3) is 0.462. The maximum absolute atomic E-state index is 11.9. The average Bonchev–Trinajstić information content (AvgIpc) is 2.41. The van der Waals surface area contributed by atoms with E-state index in [9.17, 15) is 4.79 Å². The summed E-state index contributed by atoms with van der Waals surface area (Å²) in [6.45, 7) is 2.98. The van der Waals surface area contributed by atoms with Crippen LogP contribution in [0.25, 0.3) is 0 Å². The molecule has 1 heterocycles. The van der Waals surface area contributed by atoms with Gasteiger partial charge in [-0.2, -0.15) is 0 Å². The van der Waals surface area contributed by atoms with Crippen molar-refractivity contribution in [1.82, 2.24) is 10.2 Å². The van der Waals surface area contributed by atoms with Crippen molar-refractivity contribution in [2.75, 3.05) is 38.6 Å². The van der Waals surface area contributed by atoms with Gasteiger partial charge in [-0.1, -0.05) is 18.2 Å². The molecule has 98 valence electrons. The first-order chi connectivity index (χ1) is 8.75. The standard InChI is InChI=1S/C13H19N3O2/c1-16(10-12-9-14-7-8-18-12)13(17)15-11-5-3-2-4-6-11/h2-6,12,14H,7-10H2,1H3,(H,15,17). The third-order valence-electron chi connectivity index (χ3n) is 2.85. The molecule has 2 rings (SSSR count). The van der Waals surface area contributed by atoms with Gasteiger partial charge in [-0.15, -0.1) is 0 Å². The summed E-state index contributed by atoms with van der Waals surface area (Å²) in [7, 11) is 1.77. The van der Waals surface area contributed by atoms with Gasteiger partial charge in [0.25, 0.3) is 0 Å². The number of hydrogen-bond acceptors (Lipinski definition) is 3. The molecule has 0 saturated carbocycles. The van der Waals surface area contributed by atoms with Gasteiger partial charge in [0.05, 0.1) is 12.7 Å². The van der Waals surface area contributed by atoms with Crippen LogP contribution < -0.4 is 10.6 Å². The second-order valence-electron chi connectivity index (χ2n) is 4.37. The third kappa shape index (κ3) is 3.72. The van der Waals surface area contributed by atoms with E-state index in [4.69, 9.17) is 4.74 Å². The minimum Gasteiger partial charge on any atom is -0.374 e. The molecule has 1 atom stereocenters. The lowest BCUT2D eigenvalue weighted by Gasteiger charge is -2.28. The number of nitrogens with one attached hydrogen (secondary N) is 2. The molecule has 1 unspecified atom stereocenters. The molecule has 2 N–H and O–H groups in total. The van der Waals surface area contributed by atoms with Gasteiger partial charge in [0.2, 0.25) is 0 Å². The molecule has 0 aliphatic carbocycles. The fourth-order valence-corrected chi connectivity index (χ4v) is 1.87. The Balaban J connectivity index is 1.81. The number of benzene rings is 1. The average molecular weight is 249 g/mol. The van der Waals surface area contributed by atoms with Crippen molar-refractivity contribution < 1.29 is 9.53 Å². The Morgan fingerprint density at radius 2 is 2.28 bits per heavy atom. The molecule has 0 aromatic heterocycles. The van der Waals surface area contributed by atoms with Crippen LogP contribution in [-0.4, -0.2) is 50.3 Å². The van der Waals surface area contributed by atoms with Crippen molar-refractivity contribution in [2.45, 2.75) is 6.10 Å². The summed E-state index contributed by atoms with van der Waals surface area (Å²) in [6.07, 6.45) is 0.0743. The maximum Gasteiger partial charge on any atom is 0.321 e. The van der Waals surface area contributed by atoms with Crippen molar-refractivity contribution in [3.05, 3.63) is 30.3 Å². The summed E-state index contributed by atoms with van der Waals surface area (Å²) in [5.74, 6) is 0. The molecule has 18 heavy (non-hydrogen) atoms. The van der Waals surface area contributed by atoms with E-state index in [0.29, 0.717) is 13.2 Å². The number of nitrogens with zero attached hydrogens (tertiary/aromatic N) is 1. The number of carbonyl (C=O) groups is 1. The van der Waals surface area contributed by atoms with Crippen LogP contribution in [0.15, 0.2) is 30.3 Å². The van der Waals surface area contributed by atoms with Crippen molar-refractivity contribution in [3.63, 3.8) is 0 Å². The molecular formula is C13H19N3O2. The number of para-hydroxylation sites is 1. The van der Waals surface area contributed by atoms with Crippen LogP contribution in [0.3, 0.4) is 0 Å². The van der Waals surface area contributed by atoms with Gasteiger partial charge in [-0.3, -0.25) is 0 Å². The van der Waals surface area contributed by atoms with Crippen LogP contribution in [0, 0.1) is 0 Å². The second kappa shape index (κ2) is 6.37. The molecule has 1 aliphatic rings. The summed E-state index contributed by atoms with van der Waals surface area (Å²) in [5, 5.41) is 6.09. The summed E-state index contributed by atoms with van der Waals surface area (Å²) in [5.41, 5.74) is 0.803. The lowest BCUT2D eigenvalue weighted by molar-refractivity contribution is 0.0164. The number of amides is 2. The number of carbonyl (C=O) groups excluding carboxylic acids is 1. The van der Waals surface area contributed by atoms with Gasteiger partial charge in [0.1, 0.15) is 0 Å². The predicted octanol–water partition coefficient (Wildman–Crippen LogP) is 1.14. The molecule has 5 nitrogen and oxygen atoms in total. The normalized spacial score (nSPS) is 19.3. The highest BCUT2D eigenvalue weighted by Gasteiger charge is 2.18. The molecule has 1 aromatic rings. The van der Waals surface area contributed by atoms with E-state index in [1.165, 1.54) is 0 Å². The largest absolute Gasteiger partial charge is 0.374 e. The molecule has 0 radical (unpaired) electrons. The molecule has 5 heteroatoms. The van der Waals surface area contributed by atoms with Gasteiger partial charge in [0.15, 0.2) is 0 Å². The zero-order chi connectivity index (χ0) is 12.8. The van der Waals surface area contributed by atoms with E-state index in [1.54, 1.807) is 11.9 Å². The van der Waals surface area contributed by atoms with Crippen LogP contribution in [0.1, 0.15) is 0 Å². The smallest absolute Gasteiger partial charge is 0.321 e. The van der Waals surface area contributed by atoms with Crippen LogP contribution in [-0.2, 0) is 4.74 Å². The Kier molecular flexibility index (Phi) is 4.55. The highest BCUT2D eigenvalue weighted by molar-refractivity contribution is 5.89. The quantitative estimate of drug-likeness (QED) is 0.844. The van der Waals surface area contributed by atoms with E-state index in [0.717, 1.165) is 18.8 Å². The van der Waals surface area contributed by atoms with Gasteiger partial charge >= 0.3 is 6.03 Å². The molecule has 1 fully saturated rings. The van der Waals surface area contributed by atoms with Crippen molar-refractivity contribution in [3.8, 4) is 0 Å². The van der Waals surface area contributed by atoms with Gasteiger partial charge in [0, 0.05) is 32.4 Å². The first-order valence-electron chi connectivity index (χ1n) is 6.15. The Hall–Kier alpha value is -1.59. The topological polar surface area (TPSA) is 53.6 Å². The first-order valence-corrected chi connectivity index (χ1v) is 6.15. The summed E-state index contributed by atoms with van der Waals surface area (Å²) < 4.78 is 5.56. The minimum absolute atomic E-state index is 0.0743. The number of hydrogen-bond donors (Lipinski definition) is 2. The highest BCUT2D eigenvalue weighted by Crippen LogP contribution is 2.07. The monoisotopic (exact) mass is 249 g/mol. The van der Waals surface area contributed by atoms with E-state index in [1.807, 2.05) is 30.3 Å². The number of morpholine rings is 1. The van der Waals surface area contributed by atoms with Crippen LogP contribution in [0.5, 0.6) is 0 Å². The lowest BCUT2D eigenvalue weighted by atomic mass is 10.3. The van der Waals surface area contributed by atoms with Crippen molar-refractivity contribution in [2.24, 2.45) is 0 Å². The van der Waals surface area contributed by atoms with Crippen LogP contribution >= 0.6 is 0 Å². The Labute approximate surface area is 107 Å². The highest BCUT2D eigenvalue weighted by atomic mass is 16.5. The zero-order valence-corrected chi connectivity index (χ0v) is 10.6. The molecular weight excluding hydrogens is 230 g/mol. The Bertz CT molecular complexity index is 377. The minimum atomic E-state index is -0.115. The van der Waals surface area contributed by atoms with Gasteiger partial charge in [-0.25, -0.2) is 4.79 Å². The van der Waals surface area contributed by atoms with E-state index in [2.05, 4.69) is 10.6 Å². The van der Waals surface area contributed by atoms with E-state index >= 15 is 0 Å². The van der Waals surface area contributed by atoms with Gasteiger partial charge < -0.3 is 20.3 Å². The second-order valence-corrected chi connectivity index (χ2v) is 4.37. The molecule has 1 aliphatic heterocycles. The van der Waals surface area contributed by atoms with E-state index in [-0.39, 0.29) is 12.1 Å². The summed E-state index contributed by atoms with van der Waals surface area (Å²) in [6, 6.07) is 9.32. The molecule has 1 saturated heterocycles. The maximum atomic E-state index is 11.9. The summed E-state index contributed by atoms with van der Waals surface area (Å²) in [4.78, 5) is 13.6. The number of rotatable bonds is 3. The number of anilines is 1. The lowest BCUT2D eigenvalue weighted by Crippen LogP contribution is -2.46. The number of likely N-dealkylation sites (N-methyl/N-ethyl adjacent to an activating group) is 1. The fourth-order valence-electron chi connectivity index (χ4n) is 1.87. The SMILES string of the molecule is CN(CC1CNCCO1)C(=O)Nc1ccccc1. The molecule has 0 spiro atoms. The predicted molar refractivity (Wildman–Crippen MR) is 70.7 cm³/mol. The number of ether oxygens (including phenoxy) is 1. The van der Waals surface area contributed by atoms with Crippen molar-refractivity contribution >= 4 is 11.7 Å². The molecule has 0 bridgehead atoms. The third-order valence-corrected chi connectivity index (χ3v) is 2.85.